The highest BCUT2D eigenvalue weighted by molar-refractivity contribution is 7.88. The lowest BCUT2D eigenvalue weighted by Gasteiger charge is -2.29. The Balaban J connectivity index is 2.43. The van der Waals surface area contributed by atoms with Crippen LogP contribution in [0.5, 0.6) is 0 Å². The van der Waals surface area contributed by atoms with Gasteiger partial charge in [-0.05, 0) is 25.7 Å². The van der Waals surface area contributed by atoms with E-state index >= 15 is 0 Å². The minimum atomic E-state index is -3.03. The van der Waals surface area contributed by atoms with Crippen LogP contribution in [0.2, 0.25) is 0 Å². The highest BCUT2D eigenvalue weighted by Gasteiger charge is 2.25. The molecule has 0 radical (unpaired) electrons. The molecule has 1 heterocycles. The van der Waals surface area contributed by atoms with Crippen molar-refractivity contribution in [3.8, 4) is 0 Å². The summed E-state index contributed by atoms with van der Waals surface area (Å²) in [5.41, 5.74) is 0. The summed E-state index contributed by atoms with van der Waals surface area (Å²) >= 11 is 0. The van der Waals surface area contributed by atoms with Gasteiger partial charge in [-0.3, -0.25) is 0 Å². The lowest BCUT2D eigenvalue weighted by atomic mass is 9.93. The number of ketones is 1. The number of hydrogen-bond donors (Lipinski definition) is 0. The zero-order chi connectivity index (χ0) is 10.8. The fraction of sp³-hybridized carbons (Fsp3) is 0.889. The summed E-state index contributed by atoms with van der Waals surface area (Å²) in [5, 5.41) is 0. The molecule has 0 unspecified atom stereocenters. The van der Waals surface area contributed by atoms with Crippen LogP contribution >= 0.6 is 0 Å². The molecule has 0 aromatic heterocycles. The first kappa shape index (κ1) is 11.7. The largest absolute Gasteiger partial charge is 0.300 e. The van der Waals surface area contributed by atoms with E-state index in [9.17, 15) is 13.2 Å². The van der Waals surface area contributed by atoms with Crippen molar-refractivity contribution in [3.05, 3.63) is 0 Å². The Morgan fingerprint density at radius 3 is 2.21 bits per heavy atom. The molecule has 0 bridgehead atoms. The Bertz CT molecular complexity index is 302. The van der Waals surface area contributed by atoms with Gasteiger partial charge in [0, 0.05) is 19.5 Å². The first-order valence-electron chi connectivity index (χ1n) is 4.84. The Morgan fingerprint density at radius 2 is 1.86 bits per heavy atom. The lowest BCUT2D eigenvalue weighted by molar-refractivity contribution is -0.118. The molecule has 0 aliphatic carbocycles. The van der Waals surface area contributed by atoms with Crippen molar-refractivity contribution in [2.75, 3.05) is 19.3 Å². The van der Waals surface area contributed by atoms with Gasteiger partial charge in [-0.25, -0.2) is 12.7 Å². The molecule has 5 heteroatoms. The molecule has 0 aromatic carbocycles. The second-order valence-electron chi connectivity index (χ2n) is 4.01. The minimum Gasteiger partial charge on any atom is -0.300 e. The third-order valence-corrected chi connectivity index (χ3v) is 3.92. The van der Waals surface area contributed by atoms with E-state index in [1.165, 1.54) is 10.6 Å². The van der Waals surface area contributed by atoms with Gasteiger partial charge in [0.2, 0.25) is 10.0 Å². The molecule has 1 fully saturated rings. The topological polar surface area (TPSA) is 54.5 Å². The second-order valence-corrected chi connectivity index (χ2v) is 5.99. The van der Waals surface area contributed by atoms with E-state index in [4.69, 9.17) is 0 Å². The van der Waals surface area contributed by atoms with Gasteiger partial charge >= 0.3 is 0 Å². The molecule has 0 N–H and O–H groups in total. The molecule has 4 nitrogen and oxygen atoms in total. The van der Waals surface area contributed by atoms with Crippen molar-refractivity contribution >= 4 is 15.8 Å². The van der Waals surface area contributed by atoms with Crippen LogP contribution < -0.4 is 0 Å². The third kappa shape index (κ3) is 3.38. The Labute approximate surface area is 85.3 Å². The van der Waals surface area contributed by atoms with E-state index in [1.54, 1.807) is 6.92 Å². The highest BCUT2D eigenvalue weighted by atomic mass is 32.2. The van der Waals surface area contributed by atoms with Gasteiger partial charge in [-0.2, -0.15) is 0 Å². The van der Waals surface area contributed by atoms with Gasteiger partial charge in [-0.1, -0.05) is 0 Å². The molecule has 1 rings (SSSR count). The van der Waals surface area contributed by atoms with Crippen LogP contribution in [-0.4, -0.2) is 37.9 Å². The molecule has 0 atom stereocenters. The van der Waals surface area contributed by atoms with Gasteiger partial charge in [0.25, 0.3) is 0 Å². The minimum absolute atomic E-state index is 0.197. The number of carbonyl (C=O) groups excluding carboxylic acids is 1. The number of piperidine rings is 1. The molecule has 14 heavy (non-hydrogen) atoms. The van der Waals surface area contributed by atoms with Crippen molar-refractivity contribution in [3.63, 3.8) is 0 Å². The van der Waals surface area contributed by atoms with E-state index in [0.717, 1.165) is 12.8 Å². The van der Waals surface area contributed by atoms with Crippen molar-refractivity contribution in [2.45, 2.75) is 26.2 Å². The highest BCUT2D eigenvalue weighted by Crippen LogP contribution is 2.21. The Morgan fingerprint density at radius 1 is 1.36 bits per heavy atom. The maximum absolute atomic E-state index is 11.2. The predicted octanol–water partition coefficient (Wildman–Crippen LogP) is 0.637. The summed E-state index contributed by atoms with van der Waals surface area (Å²) in [6.07, 6.45) is 3.45. The molecule has 0 amide bonds. The molecule has 1 aliphatic rings. The van der Waals surface area contributed by atoms with Crippen molar-refractivity contribution in [2.24, 2.45) is 5.92 Å². The summed E-state index contributed by atoms with van der Waals surface area (Å²) in [6, 6.07) is 0. The Hall–Kier alpha value is -0.420. The van der Waals surface area contributed by atoms with E-state index in [0.29, 0.717) is 25.4 Å². The van der Waals surface area contributed by atoms with Crippen LogP contribution in [0.25, 0.3) is 0 Å². The predicted molar refractivity (Wildman–Crippen MR) is 54.4 cm³/mol. The molecule has 82 valence electrons. The fourth-order valence-corrected chi connectivity index (χ4v) is 2.73. The van der Waals surface area contributed by atoms with Crippen molar-refractivity contribution in [1.82, 2.24) is 4.31 Å². The third-order valence-electron chi connectivity index (χ3n) is 2.62. The summed E-state index contributed by atoms with van der Waals surface area (Å²) in [4.78, 5) is 10.9. The van der Waals surface area contributed by atoms with Gasteiger partial charge in [0.05, 0.1) is 6.26 Å². The zero-order valence-electron chi connectivity index (χ0n) is 8.69. The maximum atomic E-state index is 11.2. The SMILES string of the molecule is CC(=O)CC1CCN(S(C)(=O)=O)CC1. The van der Waals surface area contributed by atoms with Crippen molar-refractivity contribution in [1.29, 1.82) is 0 Å². The standard InChI is InChI=1S/C9H17NO3S/c1-8(11)7-9-3-5-10(6-4-9)14(2,12)13/h9H,3-7H2,1-2H3. The van der Waals surface area contributed by atoms with E-state index in [2.05, 4.69) is 0 Å². The van der Waals surface area contributed by atoms with Crippen molar-refractivity contribution < 1.29 is 13.2 Å². The number of hydrogen-bond acceptors (Lipinski definition) is 3. The summed E-state index contributed by atoms with van der Waals surface area (Å²) in [6.45, 7) is 2.72. The fourth-order valence-electron chi connectivity index (χ4n) is 1.85. The van der Waals surface area contributed by atoms with E-state index < -0.39 is 10.0 Å². The molecule has 0 spiro atoms. The number of carbonyl (C=O) groups is 1. The molecular formula is C9H17NO3S. The number of Topliss-reactive ketones (excluding diaryl/α,β-unsaturated/α-hetero) is 1. The molecule has 1 saturated heterocycles. The van der Waals surface area contributed by atoms with Gasteiger partial charge in [-0.15, -0.1) is 0 Å². The number of sulfonamides is 1. The van der Waals surface area contributed by atoms with Crippen LogP contribution in [0.1, 0.15) is 26.2 Å². The molecule has 0 saturated carbocycles. The first-order chi connectivity index (χ1) is 6.39. The maximum Gasteiger partial charge on any atom is 0.211 e. The second kappa shape index (κ2) is 4.40. The molecular weight excluding hydrogens is 202 g/mol. The van der Waals surface area contributed by atoms with Crippen LogP contribution in [0.15, 0.2) is 0 Å². The summed E-state index contributed by atoms with van der Waals surface area (Å²) in [7, 11) is -3.03. The van der Waals surface area contributed by atoms with E-state index in [-0.39, 0.29) is 5.78 Å². The van der Waals surface area contributed by atoms with Crippen LogP contribution in [-0.2, 0) is 14.8 Å². The van der Waals surface area contributed by atoms with E-state index in [1.807, 2.05) is 0 Å². The monoisotopic (exact) mass is 219 g/mol. The average molecular weight is 219 g/mol. The van der Waals surface area contributed by atoms with Gasteiger partial charge in [0.1, 0.15) is 5.78 Å². The number of rotatable bonds is 3. The van der Waals surface area contributed by atoms with Crippen LogP contribution in [0, 0.1) is 5.92 Å². The normalized spacial score (nSPS) is 21.0. The van der Waals surface area contributed by atoms with Gasteiger partial charge in [0.15, 0.2) is 0 Å². The van der Waals surface area contributed by atoms with Crippen LogP contribution in [0.4, 0.5) is 0 Å². The lowest BCUT2D eigenvalue weighted by Crippen LogP contribution is -2.38. The zero-order valence-corrected chi connectivity index (χ0v) is 9.51. The summed E-state index contributed by atoms with van der Waals surface area (Å²) < 4.78 is 23.8. The first-order valence-corrected chi connectivity index (χ1v) is 6.69. The Kier molecular flexibility index (Phi) is 3.66. The van der Waals surface area contributed by atoms with Gasteiger partial charge < -0.3 is 4.79 Å². The smallest absolute Gasteiger partial charge is 0.211 e. The molecule has 0 aromatic rings. The number of nitrogens with zero attached hydrogens (tertiary/aromatic N) is 1. The average Bonchev–Trinajstić information content (AvgIpc) is 2.02. The quantitative estimate of drug-likeness (QED) is 0.700. The summed E-state index contributed by atoms with van der Waals surface area (Å²) in [5.74, 6) is 0.577. The van der Waals surface area contributed by atoms with Crippen LogP contribution in [0.3, 0.4) is 0 Å². The molecule has 1 aliphatic heterocycles.